The van der Waals surface area contributed by atoms with E-state index < -0.39 is 0 Å². The molecular formula is C17H26N2O2S. The number of nitrogens with zero attached hydrogens (tertiary/aromatic N) is 2. The number of ether oxygens (including phenoxy) is 1. The van der Waals surface area contributed by atoms with E-state index in [0.29, 0.717) is 12.3 Å². The van der Waals surface area contributed by atoms with E-state index in [9.17, 15) is 4.79 Å². The molecule has 0 aliphatic carbocycles. The molecule has 1 amide bonds. The van der Waals surface area contributed by atoms with Crippen LogP contribution >= 0.6 is 11.3 Å². The Morgan fingerprint density at radius 1 is 1.23 bits per heavy atom. The molecule has 0 aromatic carbocycles. The molecule has 0 spiro atoms. The molecule has 22 heavy (non-hydrogen) atoms. The molecule has 122 valence electrons. The van der Waals surface area contributed by atoms with E-state index >= 15 is 0 Å². The third-order valence-electron chi connectivity index (χ3n) is 4.76. The van der Waals surface area contributed by atoms with Crippen molar-refractivity contribution in [1.29, 1.82) is 0 Å². The first kappa shape index (κ1) is 16.0. The Morgan fingerprint density at radius 2 is 2.09 bits per heavy atom. The minimum atomic E-state index is 0.297. The van der Waals surface area contributed by atoms with Gasteiger partial charge >= 0.3 is 0 Å². The highest BCUT2D eigenvalue weighted by atomic mass is 32.1. The van der Waals surface area contributed by atoms with E-state index in [0.717, 1.165) is 63.7 Å². The van der Waals surface area contributed by atoms with Gasteiger partial charge in [0.1, 0.15) is 0 Å². The summed E-state index contributed by atoms with van der Waals surface area (Å²) in [5.41, 5.74) is 1.16. The Hall–Kier alpha value is -0.910. The van der Waals surface area contributed by atoms with Gasteiger partial charge in [0.15, 0.2) is 0 Å². The number of rotatable bonds is 4. The number of carbonyl (C=O) groups is 1. The van der Waals surface area contributed by atoms with Gasteiger partial charge in [0.05, 0.1) is 19.6 Å². The average molecular weight is 322 g/mol. The maximum atomic E-state index is 12.4. The van der Waals surface area contributed by atoms with Crippen LogP contribution in [0.25, 0.3) is 0 Å². The first-order valence-electron chi connectivity index (χ1n) is 8.40. The molecular weight excluding hydrogens is 296 g/mol. The van der Waals surface area contributed by atoms with Crippen molar-refractivity contribution < 1.29 is 9.53 Å². The smallest absolute Gasteiger partial charge is 0.227 e. The summed E-state index contributed by atoms with van der Waals surface area (Å²) in [5.74, 6) is 1.03. The van der Waals surface area contributed by atoms with Crippen LogP contribution in [-0.4, -0.2) is 61.6 Å². The highest BCUT2D eigenvalue weighted by Gasteiger charge is 2.23. The van der Waals surface area contributed by atoms with Crippen molar-refractivity contribution in [2.45, 2.75) is 25.7 Å². The first-order valence-corrected chi connectivity index (χ1v) is 9.34. The van der Waals surface area contributed by atoms with Crippen molar-refractivity contribution in [2.75, 3.05) is 45.9 Å². The molecule has 1 atom stereocenters. The second-order valence-electron chi connectivity index (χ2n) is 6.40. The van der Waals surface area contributed by atoms with Crippen molar-refractivity contribution >= 4 is 17.2 Å². The van der Waals surface area contributed by atoms with Gasteiger partial charge < -0.3 is 9.64 Å². The lowest BCUT2D eigenvalue weighted by atomic mass is 10.00. The lowest BCUT2D eigenvalue weighted by molar-refractivity contribution is -0.130. The van der Waals surface area contributed by atoms with Gasteiger partial charge in [-0.2, -0.15) is 11.3 Å². The normalized spacial score (nSPS) is 24.2. The molecule has 1 unspecified atom stereocenters. The average Bonchev–Trinajstić information content (AvgIpc) is 2.93. The number of hydrogen-bond donors (Lipinski definition) is 0. The number of morpholine rings is 1. The predicted molar refractivity (Wildman–Crippen MR) is 89.2 cm³/mol. The quantitative estimate of drug-likeness (QED) is 0.852. The monoisotopic (exact) mass is 322 g/mol. The van der Waals surface area contributed by atoms with Gasteiger partial charge in [-0.25, -0.2) is 0 Å². The SMILES string of the molecule is O=C(Cc1ccsc1)N1CCCC(CN2CCOCC2)CC1. The van der Waals surface area contributed by atoms with Gasteiger partial charge in [0.25, 0.3) is 0 Å². The lowest BCUT2D eigenvalue weighted by Gasteiger charge is -2.30. The fraction of sp³-hybridized carbons (Fsp3) is 0.706. The van der Waals surface area contributed by atoms with Crippen LogP contribution in [0.3, 0.4) is 0 Å². The molecule has 2 aliphatic heterocycles. The molecule has 0 radical (unpaired) electrons. The Kier molecular flexibility index (Phi) is 5.87. The number of likely N-dealkylation sites (tertiary alicyclic amines) is 1. The van der Waals surface area contributed by atoms with Crippen molar-refractivity contribution in [3.8, 4) is 0 Å². The van der Waals surface area contributed by atoms with Crippen molar-refractivity contribution in [1.82, 2.24) is 9.80 Å². The number of thiophene rings is 1. The Morgan fingerprint density at radius 3 is 2.86 bits per heavy atom. The van der Waals surface area contributed by atoms with Crippen LogP contribution in [-0.2, 0) is 16.0 Å². The van der Waals surface area contributed by atoms with E-state index in [-0.39, 0.29) is 0 Å². The minimum absolute atomic E-state index is 0.297. The van der Waals surface area contributed by atoms with Crippen LogP contribution < -0.4 is 0 Å². The highest BCUT2D eigenvalue weighted by Crippen LogP contribution is 2.20. The second kappa shape index (κ2) is 8.09. The van der Waals surface area contributed by atoms with E-state index in [4.69, 9.17) is 4.74 Å². The zero-order chi connectivity index (χ0) is 15.2. The molecule has 4 nitrogen and oxygen atoms in total. The van der Waals surface area contributed by atoms with Crippen molar-refractivity contribution in [3.63, 3.8) is 0 Å². The summed E-state index contributed by atoms with van der Waals surface area (Å²) in [7, 11) is 0. The van der Waals surface area contributed by atoms with Gasteiger partial charge in [-0.15, -0.1) is 0 Å². The summed E-state index contributed by atoms with van der Waals surface area (Å²) in [6.07, 6.45) is 4.11. The van der Waals surface area contributed by atoms with Crippen LogP contribution in [0, 0.1) is 5.92 Å². The molecule has 2 fully saturated rings. The molecule has 2 saturated heterocycles. The standard InChI is InChI=1S/C17H26N2O2S/c20-17(12-16-4-11-22-14-16)19-5-1-2-15(3-6-19)13-18-7-9-21-10-8-18/h4,11,14-15H,1-3,5-10,12-13H2. The molecule has 1 aromatic rings. The summed E-state index contributed by atoms with van der Waals surface area (Å²) in [5, 5.41) is 4.13. The van der Waals surface area contributed by atoms with Crippen molar-refractivity contribution in [3.05, 3.63) is 22.4 Å². The fourth-order valence-corrected chi connectivity index (χ4v) is 4.09. The summed E-state index contributed by atoms with van der Waals surface area (Å²) >= 11 is 1.67. The van der Waals surface area contributed by atoms with Crippen LogP contribution in [0.15, 0.2) is 16.8 Å². The Labute approximate surface area is 137 Å². The largest absolute Gasteiger partial charge is 0.379 e. The van der Waals surface area contributed by atoms with E-state index in [2.05, 4.69) is 21.2 Å². The maximum absolute atomic E-state index is 12.4. The Bertz CT molecular complexity index is 457. The fourth-order valence-electron chi connectivity index (χ4n) is 3.43. The second-order valence-corrected chi connectivity index (χ2v) is 7.18. The Balaban J connectivity index is 1.45. The summed E-state index contributed by atoms with van der Waals surface area (Å²) in [6, 6.07) is 2.06. The van der Waals surface area contributed by atoms with E-state index in [1.807, 2.05) is 5.38 Å². The van der Waals surface area contributed by atoms with Gasteiger partial charge in [-0.1, -0.05) is 0 Å². The van der Waals surface area contributed by atoms with Crippen LogP contribution in [0.4, 0.5) is 0 Å². The van der Waals surface area contributed by atoms with Crippen LogP contribution in [0.2, 0.25) is 0 Å². The molecule has 3 heterocycles. The van der Waals surface area contributed by atoms with E-state index in [1.165, 1.54) is 13.0 Å². The summed E-state index contributed by atoms with van der Waals surface area (Å²) in [6.45, 7) is 6.92. The third kappa shape index (κ3) is 4.54. The third-order valence-corrected chi connectivity index (χ3v) is 5.49. The van der Waals surface area contributed by atoms with Gasteiger partial charge in [-0.3, -0.25) is 9.69 Å². The zero-order valence-corrected chi connectivity index (χ0v) is 14.0. The van der Waals surface area contributed by atoms with Gasteiger partial charge in [0.2, 0.25) is 5.91 Å². The first-order chi connectivity index (χ1) is 10.8. The molecule has 0 bridgehead atoms. The number of carbonyl (C=O) groups excluding carboxylic acids is 1. The highest BCUT2D eigenvalue weighted by molar-refractivity contribution is 7.07. The number of amides is 1. The van der Waals surface area contributed by atoms with Gasteiger partial charge in [-0.05, 0) is 47.6 Å². The van der Waals surface area contributed by atoms with Gasteiger partial charge in [0, 0.05) is 32.7 Å². The van der Waals surface area contributed by atoms with Crippen molar-refractivity contribution in [2.24, 2.45) is 5.92 Å². The molecule has 0 N–H and O–H groups in total. The molecule has 0 saturated carbocycles. The molecule has 2 aliphatic rings. The molecule has 1 aromatic heterocycles. The summed E-state index contributed by atoms with van der Waals surface area (Å²) < 4.78 is 5.42. The zero-order valence-electron chi connectivity index (χ0n) is 13.2. The topological polar surface area (TPSA) is 32.8 Å². The minimum Gasteiger partial charge on any atom is -0.379 e. The molecule has 5 heteroatoms. The van der Waals surface area contributed by atoms with E-state index in [1.54, 1.807) is 11.3 Å². The molecule has 3 rings (SSSR count). The maximum Gasteiger partial charge on any atom is 0.227 e. The predicted octanol–water partition coefficient (Wildman–Crippen LogP) is 2.25. The van der Waals surface area contributed by atoms with Crippen LogP contribution in [0.5, 0.6) is 0 Å². The number of hydrogen-bond acceptors (Lipinski definition) is 4. The van der Waals surface area contributed by atoms with Crippen LogP contribution in [0.1, 0.15) is 24.8 Å². The lowest BCUT2D eigenvalue weighted by Crippen LogP contribution is -2.39. The summed E-state index contributed by atoms with van der Waals surface area (Å²) in [4.78, 5) is 17.0.